The number of benzene rings is 1. The molecule has 3 nitrogen and oxygen atoms in total. The number of aromatic nitrogens is 1. The van der Waals surface area contributed by atoms with Gasteiger partial charge in [0.05, 0.1) is 5.52 Å². The Morgan fingerprint density at radius 3 is 2.86 bits per heavy atom. The Kier molecular flexibility index (Phi) is 3.72. The molecule has 2 aromatic rings. The fourth-order valence-electron chi connectivity index (χ4n) is 3.20. The summed E-state index contributed by atoms with van der Waals surface area (Å²) in [6.45, 7) is 8.58. The average Bonchev–Trinajstić information content (AvgIpc) is 2.44. The molecule has 0 saturated carbocycles. The highest BCUT2D eigenvalue weighted by molar-refractivity contribution is 6.31. The van der Waals surface area contributed by atoms with Crippen LogP contribution in [0.25, 0.3) is 10.9 Å². The van der Waals surface area contributed by atoms with E-state index in [1.165, 1.54) is 0 Å². The van der Waals surface area contributed by atoms with Crippen LogP contribution in [0.2, 0.25) is 5.02 Å². The Morgan fingerprint density at radius 2 is 2.19 bits per heavy atom. The van der Waals surface area contributed by atoms with Crippen molar-refractivity contribution < 1.29 is 4.79 Å². The summed E-state index contributed by atoms with van der Waals surface area (Å²) in [5.74, 6) is 0.0956. The molecule has 0 spiro atoms. The molecule has 0 radical (unpaired) electrons. The lowest BCUT2D eigenvalue weighted by atomic mass is 9.92. The molecule has 0 saturated heterocycles. The van der Waals surface area contributed by atoms with Crippen LogP contribution in [-0.4, -0.2) is 28.8 Å². The first-order valence-corrected chi connectivity index (χ1v) is 7.74. The number of ketones is 1. The van der Waals surface area contributed by atoms with Gasteiger partial charge in [-0.1, -0.05) is 18.5 Å². The van der Waals surface area contributed by atoms with E-state index in [-0.39, 0.29) is 5.78 Å². The van der Waals surface area contributed by atoms with E-state index < -0.39 is 0 Å². The first-order valence-electron chi connectivity index (χ1n) is 7.36. The van der Waals surface area contributed by atoms with Crippen molar-refractivity contribution in [1.82, 2.24) is 9.88 Å². The fraction of sp³-hybridized carbons (Fsp3) is 0.412. The SMILES string of the molecule is CCN1CCc2nc3c(C)cc(Cl)cc3c(C(C)=O)c2C1. The zero-order valence-corrected chi connectivity index (χ0v) is 13.4. The van der Waals surface area contributed by atoms with Gasteiger partial charge in [0.2, 0.25) is 0 Å². The van der Waals surface area contributed by atoms with Gasteiger partial charge in [0.25, 0.3) is 0 Å². The summed E-state index contributed by atoms with van der Waals surface area (Å²) in [5.41, 5.74) is 4.90. The number of carbonyl (C=O) groups excluding carboxylic acids is 1. The van der Waals surface area contributed by atoms with Gasteiger partial charge in [-0.3, -0.25) is 14.7 Å². The molecule has 0 aliphatic carbocycles. The third-order valence-electron chi connectivity index (χ3n) is 4.28. The molecule has 1 aromatic carbocycles. The minimum absolute atomic E-state index is 0.0956. The van der Waals surface area contributed by atoms with Crippen LogP contribution in [0.15, 0.2) is 12.1 Å². The molecule has 4 heteroatoms. The zero-order valence-electron chi connectivity index (χ0n) is 12.7. The molecule has 0 unspecified atom stereocenters. The third kappa shape index (κ3) is 2.45. The lowest BCUT2D eigenvalue weighted by Gasteiger charge is -2.29. The average molecular weight is 303 g/mol. The molecule has 0 amide bonds. The number of hydrogen-bond acceptors (Lipinski definition) is 3. The van der Waals surface area contributed by atoms with Crippen LogP contribution < -0.4 is 0 Å². The predicted molar refractivity (Wildman–Crippen MR) is 86.1 cm³/mol. The molecule has 1 aliphatic rings. The number of halogens is 1. The van der Waals surface area contributed by atoms with Crippen LogP contribution in [0.5, 0.6) is 0 Å². The van der Waals surface area contributed by atoms with Crippen LogP contribution in [0.4, 0.5) is 0 Å². The molecular weight excluding hydrogens is 284 g/mol. The quantitative estimate of drug-likeness (QED) is 0.792. The number of rotatable bonds is 2. The van der Waals surface area contributed by atoms with Crippen molar-refractivity contribution in [3.05, 3.63) is 39.5 Å². The van der Waals surface area contributed by atoms with E-state index in [0.29, 0.717) is 5.02 Å². The summed E-state index contributed by atoms with van der Waals surface area (Å²) in [5, 5.41) is 1.55. The van der Waals surface area contributed by atoms with E-state index in [1.54, 1.807) is 6.92 Å². The second kappa shape index (κ2) is 5.39. The second-order valence-electron chi connectivity index (χ2n) is 5.71. The van der Waals surface area contributed by atoms with Crippen molar-refractivity contribution in [2.45, 2.75) is 33.7 Å². The number of nitrogens with zero attached hydrogens (tertiary/aromatic N) is 2. The van der Waals surface area contributed by atoms with E-state index in [4.69, 9.17) is 16.6 Å². The van der Waals surface area contributed by atoms with E-state index in [9.17, 15) is 4.79 Å². The van der Waals surface area contributed by atoms with Crippen LogP contribution >= 0.6 is 11.6 Å². The van der Waals surface area contributed by atoms with Crippen LogP contribution in [0, 0.1) is 6.92 Å². The highest BCUT2D eigenvalue weighted by atomic mass is 35.5. The number of aryl methyl sites for hydroxylation is 1. The van der Waals surface area contributed by atoms with Gasteiger partial charge in [-0.05, 0) is 43.7 Å². The molecule has 0 N–H and O–H groups in total. The fourth-order valence-corrected chi connectivity index (χ4v) is 3.47. The van der Waals surface area contributed by atoms with Gasteiger partial charge in [0.15, 0.2) is 5.78 Å². The van der Waals surface area contributed by atoms with Crippen molar-refractivity contribution in [1.29, 1.82) is 0 Å². The summed E-state index contributed by atoms with van der Waals surface area (Å²) >= 11 is 6.19. The van der Waals surface area contributed by atoms with Crippen molar-refractivity contribution >= 4 is 28.3 Å². The van der Waals surface area contributed by atoms with Gasteiger partial charge < -0.3 is 0 Å². The summed E-state index contributed by atoms with van der Waals surface area (Å²) < 4.78 is 0. The minimum Gasteiger partial charge on any atom is -0.299 e. The standard InChI is InChI=1S/C17H19ClN2O/c1-4-20-6-5-15-14(9-20)16(11(3)21)13-8-12(18)7-10(2)17(13)19-15/h7-8H,4-6,9H2,1-3H3. The molecule has 3 rings (SSSR count). The van der Waals surface area contributed by atoms with Gasteiger partial charge >= 0.3 is 0 Å². The minimum atomic E-state index is 0.0956. The Morgan fingerprint density at radius 1 is 1.43 bits per heavy atom. The van der Waals surface area contributed by atoms with Gasteiger partial charge in [-0.15, -0.1) is 0 Å². The topological polar surface area (TPSA) is 33.2 Å². The number of carbonyl (C=O) groups is 1. The maximum atomic E-state index is 12.3. The number of likely N-dealkylation sites (N-methyl/N-ethyl adjacent to an activating group) is 1. The lowest BCUT2D eigenvalue weighted by molar-refractivity contribution is 0.101. The first kappa shape index (κ1) is 14.5. The maximum Gasteiger partial charge on any atom is 0.160 e. The number of Topliss-reactive ketones (excluding diaryl/α,β-unsaturated/α-hetero) is 1. The van der Waals surface area contributed by atoms with E-state index in [1.807, 2.05) is 19.1 Å². The zero-order chi connectivity index (χ0) is 15.1. The molecule has 110 valence electrons. The van der Waals surface area contributed by atoms with Gasteiger partial charge in [-0.25, -0.2) is 0 Å². The van der Waals surface area contributed by atoms with E-state index in [0.717, 1.165) is 59.3 Å². The molecule has 0 bridgehead atoms. The van der Waals surface area contributed by atoms with E-state index in [2.05, 4.69) is 11.8 Å². The molecule has 0 atom stereocenters. The van der Waals surface area contributed by atoms with Crippen molar-refractivity contribution in [2.75, 3.05) is 13.1 Å². The third-order valence-corrected chi connectivity index (χ3v) is 4.50. The second-order valence-corrected chi connectivity index (χ2v) is 6.14. The highest BCUT2D eigenvalue weighted by Gasteiger charge is 2.24. The number of fused-ring (bicyclic) bond motifs is 2. The number of hydrogen-bond donors (Lipinski definition) is 0. The Hall–Kier alpha value is -1.45. The van der Waals surface area contributed by atoms with Gasteiger partial charge in [0, 0.05) is 41.2 Å². The Labute approximate surface area is 129 Å². The molecule has 1 aromatic heterocycles. The van der Waals surface area contributed by atoms with Crippen LogP contribution in [0.3, 0.4) is 0 Å². The monoisotopic (exact) mass is 302 g/mol. The highest BCUT2D eigenvalue weighted by Crippen LogP contribution is 2.31. The largest absolute Gasteiger partial charge is 0.299 e. The normalized spacial score (nSPS) is 15.2. The maximum absolute atomic E-state index is 12.3. The summed E-state index contributed by atoms with van der Waals surface area (Å²) in [6, 6.07) is 3.78. The summed E-state index contributed by atoms with van der Waals surface area (Å²) in [7, 11) is 0. The smallest absolute Gasteiger partial charge is 0.160 e. The Balaban J connectivity index is 2.35. The predicted octanol–water partition coefficient (Wildman–Crippen LogP) is 3.78. The first-order chi connectivity index (χ1) is 10.0. The summed E-state index contributed by atoms with van der Waals surface area (Å²) in [6.07, 6.45) is 0.904. The van der Waals surface area contributed by atoms with Crippen molar-refractivity contribution in [2.24, 2.45) is 0 Å². The van der Waals surface area contributed by atoms with Gasteiger partial charge in [0.1, 0.15) is 0 Å². The van der Waals surface area contributed by atoms with Crippen molar-refractivity contribution in [3.63, 3.8) is 0 Å². The molecular formula is C17H19ClN2O. The van der Waals surface area contributed by atoms with E-state index >= 15 is 0 Å². The molecule has 2 heterocycles. The van der Waals surface area contributed by atoms with Gasteiger partial charge in [-0.2, -0.15) is 0 Å². The van der Waals surface area contributed by atoms with Crippen LogP contribution in [-0.2, 0) is 13.0 Å². The molecule has 1 aliphatic heterocycles. The number of pyridine rings is 1. The summed E-state index contributed by atoms with van der Waals surface area (Å²) in [4.78, 5) is 19.4. The molecule has 0 fully saturated rings. The van der Waals surface area contributed by atoms with Crippen molar-refractivity contribution in [3.8, 4) is 0 Å². The Bertz CT molecular complexity index is 739. The van der Waals surface area contributed by atoms with Crippen LogP contribution in [0.1, 0.15) is 41.0 Å². The molecule has 21 heavy (non-hydrogen) atoms. The lowest BCUT2D eigenvalue weighted by Crippen LogP contribution is -2.32.